The Morgan fingerprint density at radius 2 is 1.45 bits per heavy atom. The van der Waals surface area contributed by atoms with Crippen LogP contribution in [0.15, 0.2) is 18.5 Å². The lowest BCUT2D eigenvalue weighted by Gasteiger charge is -2.43. The van der Waals surface area contributed by atoms with E-state index in [0.29, 0.717) is 18.0 Å². The van der Waals surface area contributed by atoms with Crippen molar-refractivity contribution in [2.75, 3.05) is 39.3 Å². The molecule has 6 saturated heterocycles. The van der Waals surface area contributed by atoms with E-state index in [2.05, 4.69) is 19.9 Å². The van der Waals surface area contributed by atoms with Crippen molar-refractivity contribution >= 4 is 11.9 Å². The lowest BCUT2D eigenvalue weighted by atomic mass is 9.84. The Morgan fingerprint density at radius 3 is 1.71 bits per heavy atom. The molecule has 6 fully saturated rings. The Labute approximate surface area is 197 Å². The summed E-state index contributed by atoms with van der Waals surface area (Å²) >= 11 is 0. The summed E-state index contributed by atoms with van der Waals surface area (Å²) in [6.07, 6.45) is 8.58. The first-order chi connectivity index (χ1) is 13.9. The van der Waals surface area contributed by atoms with Crippen LogP contribution >= 0.6 is 0 Å². The number of nitrogens with one attached hydrogen (secondary N) is 1. The molecule has 7 rings (SSSR count). The van der Waals surface area contributed by atoms with Gasteiger partial charge in [0.05, 0.1) is 18.4 Å². The van der Waals surface area contributed by atoms with Gasteiger partial charge in [-0.15, -0.1) is 9.78 Å². The molecule has 1 aromatic rings. The maximum Gasteiger partial charge on any atom is 0.369 e. The number of nitrogens with two attached hydrogens (primary N) is 5. The number of nitrogens with zero attached hydrogens (tertiary/aromatic N) is 4. The molecule has 10 nitrogen and oxygen atoms in total. The van der Waals surface area contributed by atoms with E-state index < -0.39 is 0 Å². The number of halogens is 2. The summed E-state index contributed by atoms with van der Waals surface area (Å²) in [5.41, 5.74) is 21.9. The summed E-state index contributed by atoms with van der Waals surface area (Å²) in [6.45, 7) is 7.39. The zero-order valence-electron chi connectivity index (χ0n) is 18.0. The van der Waals surface area contributed by atoms with Gasteiger partial charge in [0.1, 0.15) is 0 Å². The van der Waals surface area contributed by atoms with Crippen molar-refractivity contribution in [1.82, 2.24) is 19.6 Å². The van der Waals surface area contributed by atoms with Gasteiger partial charge in [0, 0.05) is 19.1 Å². The molecule has 31 heavy (non-hydrogen) atoms. The third-order valence-electron chi connectivity index (χ3n) is 6.48. The maximum atomic E-state index is 5.88. The van der Waals surface area contributed by atoms with Gasteiger partial charge in [-0.2, -0.15) is 0 Å². The Morgan fingerprint density at radius 1 is 0.903 bits per heavy atom. The third-order valence-corrected chi connectivity index (χ3v) is 6.48. The molecule has 0 amide bonds. The Balaban J connectivity index is 0.000000230. The predicted octanol–water partition coefficient (Wildman–Crippen LogP) is -10.7. The smallest absolute Gasteiger partial charge is 0.369 e. The van der Waals surface area contributed by atoms with E-state index in [1.165, 1.54) is 56.5 Å². The van der Waals surface area contributed by atoms with Crippen LogP contribution in [0, 0.1) is 11.8 Å². The zero-order chi connectivity index (χ0) is 20.8. The molecule has 178 valence electrons. The molecule has 0 aliphatic carbocycles. The van der Waals surface area contributed by atoms with Crippen LogP contribution in [-0.2, 0) is 0 Å². The van der Waals surface area contributed by atoms with Gasteiger partial charge in [-0.25, -0.2) is 0 Å². The van der Waals surface area contributed by atoms with Crippen molar-refractivity contribution < 1.29 is 35.2 Å². The summed E-state index contributed by atoms with van der Waals surface area (Å²) in [5, 5.41) is 8.90. The van der Waals surface area contributed by atoms with Crippen molar-refractivity contribution in [2.45, 2.75) is 37.8 Å². The van der Waals surface area contributed by atoms with Crippen molar-refractivity contribution in [3.63, 3.8) is 0 Å². The molecule has 0 unspecified atom stereocenters. The van der Waals surface area contributed by atoms with Crippen LogP contribution in [0.2, 0.25) is 0 Å². The molecule has 0 saturated carbocycles. The Kier molecular flexibility index (Phi) is 11.6. The van der Waals surface area contributed by atoms with Crippen LogP contribution in [0.25, 0.3) is 0 Å². The summed E-state index contributed by atoms with van der Waals surface area (Å²) in [7, 11) is 0. The minimum Gasteiger partial charge on any atom is -1.00 e. The van der Waals surface area contributed by atoms with Crippen LogP contribution in [-0.4, -0.2) is 82.9 Å². The van der Waals surface area contributed by atoms with Crippen LogP contribution in [0.3, 0.4) is 0 Å². The van der Waals surface area contributed by atoms with E-state index in [1.807, 2.05) is 0 Å². The molecule has 0 radical (unpaired) electrons. The van der Waals surface area contributed by atoms with Gasteiger partial charge in [0.25, 0.3) is 0 Å². The average Bonchev–Trinajstić information content (AvgIpc) is 3.26. The number of hydrogen-bond acceptors (Lipinski definition) is 4. The normalized spacial score (nSPS) is 32.0. The molecule has 6 aliphatic heterocycles. The van der Waals surface area contributed by atoms with E-state index in [-0.39, 0.29) is 30.8 Å². The van der Waals surface area contributed by atoms with Crippen molar-refractivity contribution in [2.24, 2.45) is 34.8 Å². The second-order valence-electron chi connectivity index (χ2n) is 8.52. The van der Waals surface area contributed by atoms with Crippen molar-refractivity contribution in [1.29, 1.82) is 0 Å². The molecule has 7 heterocycles. The quantitative estimate of drug-likeness (QED) is 0.172. The molecule has 12 heteroatoms. The zero-order valence-corrected chi connectivity index (χ0v) is 19.6. The minimum absolute atomic E-state index is 0. The first-order valence-corrected chi connectivity index (χ1v) is 10.6. The van der Waals surface area contributed by atoms with E-state index >= 15 is 0 Å². The van der Waals surface area contributed by atoms with Gasteiger partial charge in [-0.05, 0) is 69.8 Å². The topological polar surface area (TPSA) is 168 Å². The molecule has 0 aromatic carbocycles. The summed E-state index contributed by atoms with van der Waals surface area (Å²) in [6, 6.07) is 2.74. The number of rotatable bonds is 1. The van der Waals surface area contributed by atoms with Crippen LogP contribution in [0.4, 0.5) is 0 Å². The number of fused-ring (bicyclic) bond motifs is 6. The van der Waals surface area contributed by atoms with E-state index in [1.54, 1.807) is 18.5 Å². The fourth-order valence-electron chi connectivity index (χ4n) is 4.78. The largest absolute Gasteiger partial charge is 1.00 e. The SMILES string of the molecule is NC(=[NH2+])n1cccn1.NC(N)=[NH+][C@@H]1CN2CCC1CC2.N[C@@H]1CN2CCC1CC2.[Cl-].[Cl-]. The van der Waals surface area contributed by atoms with Gasteiger partial charge in [0.2, 0.25) is 0 Å². The molecule has 11 N–H and O–H groups in total. The predicted molar refractivity (Wildman–Crippen MR) is 113 cm³/mol. The molecular formula is C19H38Cl2N10. The first kappa shape index (κ1) is 27.4. The van der Waals surface area contributed by atoms with Crippen LogP contribution in [0.5, 0.6) is 0 Å². The number of guanidine groups is 1. The number of piperidine rings is 6. The summed E-state index contributed by atoms with van der Waals surface area (Å²) < 4.78 is 1.39. The van der Waals surface area contributed by atoms with Crippen LogP contribution < -0.4 is 58.2 Å². The standard InChI is InChI=1S/C8H16N4.C7H14N2.C4H6N4.2ClH/c9-8(10)11-7-5-12-3-1-6(7)2-4-12;8-7-5-9-3-1-6(7)2-4-9;5-4(6)8-3-1-2-7-8;;/h6-7H,1-5H2,(H4,9,10,11);6-7H,1-5,8H2;1-3H,(H3,5,6);2*1H/t2*7-;;;/m11.../s1. The Hall–Kier alpha value is -1.59. The van der Waals surface area contributed by atoms with Crippen molar-refractivity contribution in [3.05, 3.63) is 18.5 Å². The van der Waals surface area contributed by atoms with E-state index in [0.717, 1.165) is 24.9 Å². The molecule has 6 aliphatic rings. The lowest BCUT2D eigenvalue weighted by molar-refractivity contribution is -0.524. The highest BCUT2D eigenvalue weighted by atomic mass is 35.5. The second-order valence-corrected chi connectivity index (χ2v) is 8.52. The van der Waals surface area contributed by atoms with E-state index in [4.69, 9.17) is 28.3 Å². The van der Waals surface area contributed by atoms with E-state index in [9.17, 15) is 0 Å². The molecule has 2 atom stereocenters. The van der Waals surface area contributed by atoms with Gasteiger partial charge in [0.15, 0.2) is 0 Å². The fraction of sp³-hybridized carbons (Fsp3) is 0.737. The maximum absolute atomic E-state index is 5.88. The highest BCUT2D eigenvalue weighted by molar-refractivity contribution is 5.72. The average molecular weight is 477 g/mol. The third kappa shape index (κ3) is 8.12. The first-order valence-electron chi connectivity index (χ1n) is 10.6. The second kappa shape index (κ2) is 13.1. The minimum atomic E-state index is 0. The summed E-state index contributed by atoms with van der Waals surface area (Å²) in [4.78, 5) is 8.09. The highest BCUT2D eigenvalue weighted by Gasteiger charge is 2.34. The molecule has 1 aromatic heterocycles. The Bertz CT molecular complexity index is 663. The summed E-state index contributed by atoms with van der Waals surface area (Å²) in [5.74, 6) is 2.20. The fourth-order valence-corrected chi connectivity index (χ4v) is 4.78. The molecular weight excluding hydrogens is 439 g/mol. The monoisotopic (exact) mass is 476 g/mol. The number of aromatic nitrogens is 2. The van der Waals surface area contributed by atoms with Gasteiger partial charge < -0.3 is 35.4 Å². The molecule has 0 spiro atoms. The lowest BCUT2D eigenvalue weighted by Crippen LogP contribution is -3.00. The van der Waals surface area contributed by atoms with Gasteiger partial charge in [-0.1, -0.05) is 0 Å². The number of hydrogen-bond donors (Lipinski definition) is 6. The van der Waals surface area contributed by atoms with Crippen LogP contribution in [0.1, 0.15) is 25.7 Å². The highest BCUT2D eigenvalue weighted by Crippen LogP contribution is 2.26. The van der Waals surface area contributed by atoms with Gasteiger partial charge >= 0.3 is 11.9 Å². The van der Waals surface area contributed by atoms with Crippen molar-refractivity contribution in [3.8, 4) is 0 Å². The molecule has 4 bridgehead atoms. The van der Waals surface area contributed by atoms with Gasteiger partial charge in [-0.3, -0.25) is 32.5 Å².